The minimum Gasteiger partial charge on any atom is -0.507 e. The molecule has 1 fully saturated rings. The zero-order valence-electron chi connectivity index (χ0n) is 21.1. The van der Waals surface area contributed by atoms with E-state index >= 15 is 0 Å². The maximum atomic E-state index is 13.2. The van der Waals surface area contributed by atoms with E-state index in [0.717, 1.165) is 5.56 Å². The molecule has 1 atom stereocenters. The van der Waals surface area contributed by atoms with Crippen molar-refractivity contribution < 1.29 is 29.3 Å². The molecule has 0 bridgehead atoms. The highest BCUT2D eigenvalue weighted by atomic mass is 16.5. The van der Waals surface area contributed by atoms with Gasteiger partial charge in [0.1, 0.15) is 23.9 Å². The predicted octanol–water partition coefficient (Wildman–Crippen LogP) is 4.59. The maximum absolute atomic E-state index is 13.2. The number of likely N-dealkylation sites (tertiary alicyclic amines) is 1. The van der Waals surface area contributed by atoms with Crippen molar-refractivity contribution in [2.45, 2.75) is 52.5 Å². The van der Waals surface area contributed by atoms with E-state index in [9.17, 15) is 14.7 Å². The number of carbonyl (C=O) groups excluding carboxylic acids is 2. The van der Waals surface area contributed by atoms with Crippen LogP contribution in [0.5, 0.6) is 11.5 Å². The summed E-state index contributed by atoms with van der Waals surface area (Å²) in [6.45, 7) is 10.8. The Labute approximate surface area is 207 Å². The van der Waals surface area contributed by atoms with Gasteiger partial charge in [-0.1, -0.05) is 39.8 Å². The quantitative estimate of drug-likeness (QED) is 0.309. The van der Waals surface area contributed by atoms with Crippen LogP contribution in [-0.4, -0.2) is 53.2 Å². The first-order valence-corrected chi connectivity index (χ1v) is 12.0. The standard InChI is InChI=1S/C28H35NO6/c1-6-13-29-24(18-9-8-10-20(16-18)35-15-14-30)23(26(32)27(29)33)25(31)19-11-12-22(34-7-2)21(17-19)28(3,4)5/h8-12,16-17,24,30-31H,6-7,13-15H2,1-5H3/b25-23+. The third-order valence-electron chi connectivity index (χ3n) is 5.90. The summed E-state index contributed by atoms with van der Waals surface area (Å²) >= 11 is 0. The number of ketones is 1. The van der Waals surface area contributed by atoms with Crippen LogP contribution >= 0.6 is 0 Å². The monoisotopic (exact) mass is 481 g/mol. The molecule has 1 aliphatic rings. The molecule has 2 aromatic carbocycles. The summed E-state index contributed by atoms with van der Waals surface area (Å²) in [6, 6.07) is 11.6. The van der Waals surface area contributed by atoms with E-state index in [-0.39, 0.29) is 30.0 Å². The number of hydrogen-bond donors (Lipinski definition) is 2. The molecule has 35 heavy (non-hydrogen) atoms. The van der Waals surface area contributed by atoms with E-state index in [2.05, 4.69) is 0 Å². The summed E-state index contributed by atoms with van der Waals surface area (Å²) in [4.78, 5) is 27.7. The van der Waals surface area contributed by atoms with Crippen molar-refractivity contribution in [2.75, 3.05) is 26.4 Å². The molecule has 1 saturated heterocycles. The van der Waals surface area contributed by atoms with Crippen molar-refractivity contribution in [2.24, 2.45) is 0 Å². The van der Waals surface area contributed by atoms with E-state index in [4.69, 9.17) is 14.6 Å². The Kier molecular flexibility index (Phi) is 8.22. The summed E-state index contributed by atoms with van der Waals surface area (Å²) in [5.74, 6) is -0.346. The van der Waals surface area contributed by atoms with Crippen LogP contribution in [0.3, 0.4) is 0 Å². The number of benzene rings is 2. The smallest absolute Gasteiger partial charge is 0.295 e. The highest BCUT2D eigenvalue weighted by Crippen LogP contribution is 2.41. The van der Waals surface area contributed by atoms with Crippen LogP contribution in [0.25, 0.3) is 5.76 Å². The van der Waals surface area contributed by atoms with Gasteiger partial charge < -0.3 is 24.6 Å². The SMILES string of the molecule is CCCN1C(=O)C(=O)/C(=C(/O)c2ccc(OCC)c(C(C)(C)C)c2)C1c1cccc(OCCO)c1. The Morgan fingerprint density at radius 2 is 1.80 bits per heavy atom. The van der Waals surface area contributed by atoms with Crippen LogP contribution < -0.4 is 9.47 Å². The van der Waals surface area contributed by atoms with Gasteiger partial charge in [0.2, 0.25) is 0 Å². The van der Waals surface area contributed by atoms with Gasteiger partial charge in [-0.2, -0.15) is 0 Å². The topological polar surface area (TPSA) is 96.3 Å². The summed E-state index contributed by atoms with van der Waals surface area (Å²) in [6.07, 6.45) is 0.654. The Balaban J connectivity index is 2.18. The zero-order chi connectivity index (χ0) is 25.8. The molecule has 0 saturated carbocycles. The zero-order valence-corrected chi connectivity index (χ0v) is 21.1. The molecule has 1 heterocycles. The molecule has 0 aromatic heterocycles. The highest BCUT2D eigenvalue weighted by molar-refractivity contribution is 6.46. The molecule has 2 aromatic rings. The Bertz CT molecular complexity index is 1110. The Morgan fingerprint density at radius 1 is 1.06 bits per heavy atom. The number of amides is 1. The molecule has 7 nitrogen and oxygen atoms in total. The summed E-state index contributed by atoms with van der Waals surface area (Å²) in [7, 11) is 0. The van der Waals surface area contributed by atoms with Crippen LogP contribution in [-0.2, 0) is 15.0 Å². The summed E-state index contributed by atoms with van der Waals surface area (Å²) in [5.41, 5.74) is 1.77. The van der Waals surface area contributed by atoms with Gasteiger partial charge in [0.05, 0.1) is 24.8 Å². The number of carbonyl (C=O) groups is 2. The van der Waals surface area contributed by atoms with Crippen LogP contribution in [0.4, 0.5) is 0 Å². The lowest BCUT2D eigenvalue weighted by Crippen LogP contribution is -2.30. The molecule has 188 valence electrons. The maximum Gasteiger partial charge on any atom is 0.295 e. The van der Waals surface area contributed by atoms with E-state index in [1.165, 1.54) is 4.90 Å². The molecule has 0 radical (unpaired) electrons. The van der Waals surface area contributed by atoms with Gasteiger partial charge in [-0.25, -0.2) is 0 Å². The number of nitrogens with zero attached hydrogens (tertiary/aromatic N) is 1. The lowest BCUT2D eigenvalue weighted by Gasteiger charge is -2.26. The lowest BCUT2D eigenvalue weighted by molar-refractivity contribution is -0.139. The third-order valence-corrected chi connectivity index (χ3v) is 5.90. The van der Waals surface area contributed by atoms with Gasteiger partial charge in [0.25, 0.3) is 11.7 Å². The van der Waals surface area contributed by atoms with E-state index < -0.39 is 17.7 Å². The molecular weight excluding hydrogens is 446 g/mol. The molecule has 1 aliphatic heterocycles. The molecule has 0 spiro atoms. The first kappa shape index (κ1) is 26.3. The molecule has 1 amide bonds. The Morgan fingerprint density at radius 3 is 2.43 bits per heavy atom. The molecule has 3 rings (SSSR count). The number of aliphatic hydroxyl groups excluding tert-OH is 2. The number of Topliss-reactive ketones (excluding diaryl/α,β-unsaturated/α-hetero) is 1. The number of rotatable bonds is 9. The van der Waals surface area contributed by atoms with E-state index in [0.29, 0.717) is 42.2 Å². The van der Waals surface area contributed by atoms with E-state index in [1.54, 1.807) is 36.4 Å². The van der Waals surface area contributed by atoms with Crippen molar-refractivity contribution >= 4 is 17.4 Å². The first-order chi connectivity index (χ1) is 16.6. The second-order valence-electron chi connectivity index (χ2n) is 9.53. The second-order valence-corrected chi connectivity index (χ2v) is 9.53. The highest BCUT2D eigenvalue weighted by Gasteiger charge is 2.45. The van der Waals surface area contributed by atoms with Crippen LogP contribution in [0.1, 0.15) is 63.8 Å². The fraction of sp³-hybridized carbons (Fsp3) is 0.429. The third kappa shape index (κ3) is 5.51. The molecule has 0 aliphatic carbocycles. The lowest BCUT2D eigenvalue weighted by atomic mass is 9.84. The summed E-state index contributed by atoms with van der Waals surface area (Å²) in [5, 5.41) is 20.5. The van der Waals surface area contributed by atoms with Crippen LogP contribution in [0.15, 0.2) is 48.0 Å². The normalized spacial score (nSPS) is 17.7. The van der Waals surface area contributed by atoms with Gasteiger partial charge in [0.15, 0.2) is 0 Å². The van der Waals surface area contributed by atoms with Crippen molar-refractivity contribution in [3.8, 4) is 11.5 Å². The summed E-state index contributed by atoms with van der Waals surface area (Å²) < 4.78 is 11.3. The number of hydrogen-bond acceptors (Lipinski definition) is 6. The minimum absolute atomic E-state index is 0.0479. The van der Waals surface area contributed by atoms with Crippen molar-refractivity contribution in [3.05, 3.63) is 64.7 Å². The van der Waals surface area contributed by atoms with Gasteiger partial charge >= 0.3 is 0 Å². The fourth-order valence-corrected chi connectivity index (χ4v) is 4.34. The van der Waals surface area contributed by atoms with Crippen molar-refractivity contribution in [3.63, 3.8) is 0 Å². The number of aliphatic hydroxyl groups is 2. The van der Waals surface area contributed by atoms with Gasteiger partial charge in [-0.15, -0.1) is 0 Å². The van der Waals surface area contributed by atoms with Crippen molar-refractivity contribution in [1.82, 2.24) is 4.90 Å². The van der Waals surface area contributed by atoms with Gasteiger partial charge in [-0.05, 0) is 54.7 Å². The minimum atomic E-state index is -0.753. The fourth-order valence-electron chi connectivity index (χ4n) is 4.34. The molecular formula is C28H35NO6. The van der Waals surface area contributed by atoms with Crippen LogP contribution in [0, 0.1) is 0 Å². The second kappa shape index (κ2) is 11.0. The van der Waals surface area contributed by atoms with Gasteiger partial charge in [0, 0.05) is 17.7 Å². The number of ether oxygens (including phenoxy) is 2. The average Bonchev–Trinajstić information content (AvgIpc) is 3.07. The first-order valence-electron chi connectivity index (χ1n) is 12.0. The molecule has 7 heteroatoms. The average molecular weight is 482 g/mol. The largest absolute Gasteiger partial charge is 0.507 e. The molecule has 1 unspecified atom stereocenters. The van der Waals surface area contributed by atoms with Gasteiger partial charge in [-0.3, -0.25) is 9.59 Å². The van der Waals surface area contributed by atoms with Crippen molar-refractivity contribution in [1.29, 1.82) is 0 Å². The predicted molar refractivity (Wildman–Crippen MR) is 135 cm³/mol. The van der Waals surface area contributed by atoms with E-state index in [1.807, 2.05) is 40.7 Å². The van der Waals surface area contributed by atoms with Crippen LogP contribution in [0.2, 0.25) is 0 Å². The Hall–Kier alpha value is -3.32. The molecule has 2 N–H and O–H groups in total.